The summed E-state index contributed by atoms with van der Waals surface area (Å²) < 4.78 is 32.7. The lowest BCUT2D eigenvalue weighted by atomic mass is 10.2. The zero-order valence-electron chi connectivity index (χ0n) is 15.1. The van der Waals surface area contributed by atoms with Gasteiger partial charge < -0.3 is 4.52 Å². The van der Waals surface area contributed by atoms with Gasteiger partial charge in [0.25, 0.3) is 15.9 Å². The predicted octanol–water partition coefficient (Wildman–Crippen LogP) is 3.86. The van der Waals surface area contributed by atoms with Crippen LogP contribution in [0.15, 0.2) is 57.9 Å². The third-order valence-electron chi connectivity index (χ3n) is 3.91. The number of carbonyl (C=O) groups excluding carboxylic acids is 1. The number of nitrogens with zero attached hydrogens (tertiary/aromatic N) is 2. The molecule has 1 N–H and O–H groups in total. The van der Waals surface area contributed by atoms with Gasteiger partial charge in [-0.05, 0) is 43.3 Å². The SMILES string of the molecule is CC(=O)c1ccc(S(=O)(=O)Nc2ccc(-c3nc(C(C)C)no3)cc2)cc1. The lowest BCUT2D eigenvalue weighted by Gasteiger charge is -2.08. The zero-order valence-corrected chi connectivity index (χ0v) is 15.9. The molecule has 1 aromatic heterocycles. The normalized spacial score (nSPS) is 11.6. The third-order valence-corrected chi connectivity index (χ3v) is 5.31. The van der Waals surface area contributed by atoms with Crippen LogP contribution in [0.4, 0.5) is 5.69 Å². The van der Waals surface area contributed by atoms with Crippen LogP contribution >= 0.6 is 0 Å². The summed E-state index contributed by atoms with van der Waals surface area (Å²) in [4.78, 5) is 15.7. The Kier molecular flexibility index (Phi) is 5.09. The van der Waals surface area contributed by atoms with Crippen LogP contribution in [0, 0.1) is 0 Å². The molecule has 140 valence electrons. The molecule has 0 bridgehead atoms. The number of aromatic nitrogens is 2. The maximum absolute atomic E-state index is 12.5. The van der Waals surface area contributed by atoms with Crippen molar-refractivity contribution in [2.75, 3.05) is 4.72 Å². The molecule has 0 radical (unpaired) electrons. The van der Waals surface area contributed by atoms with Gasteiger partial charge in [0, 0.05) is 22.7 Å². The average Bonchev–Trinajstić information content (AvgIpc) is 3.12. The summed E-state index contributed by atoms with van der Waals surface area (Å²) in [7, 11) is -3.75. The Labute approximate surface area is 157 Å². The molecule has 27 heavy (non-hydrogen) atoms. The maximum atomic E-state index is 12.5. The summed E-state index contributed by atoms with van der Waals surface area (Å²) in [6, 6.07) is 12.4. The average molecular weight is 385 g/mol. The van der Waals surface area contributed by atoms with Crippen LogP contribution < -0.4 is 4.72 Å². The molecule has 0 saturated carbocycles. The van der Waals surface area contributed by atoms with Crippen molar-refractivity contribution >= 4 is 21.5 Å². The molecule has 1 heterocycles. The molecule has 8 heteroatoms. The fraction of sp³-hybridized carbons (Fsp3) is 0.211. The van der Waals surface area contributed by atoms with Gasteiger partial charge in [-0.3, -0.25) is 9.52 Å². The van der Waals surface area contributed by atoms with E-state index in [4.69, 9.17) is 4.52 Å². The van der Waals surface area contributed by atoms with E-state index in [2.05, 4.69) is 14.9 Å². The van der Waals surface area contributed by atoms with E-state index in [1.165, 1.54) is 31.2 Å². The Morgan fingerprint density at radius 1 is 1.04 bits per heavy atom. The van der Waals surface area contributed by atoms with Gasteiger partial charge in [-0.15, -0.1) is 0 Å². The van der Waals surface area contributed by atoms with Crippen molar-refractivity contribution < 1.29 is 17.7 Å². The summed E-state index contributed by atoms with van der Waals surface area (Å²) in [5.74, 6) is 1.03. The molecule has 0 amide bonds. The van der Waals surface area contributed by atoms with Gasteiger partial charge in [0.15, 0.2) is 11.6 Å². The van der Waals surface area contributed by atoms with Crippen LogP contribution in [0.1, 0.15) is 42.9 Å². The second-order valence-electron chi connectivity index (χ2n) is 6.38. The topological polar surface area (TPSA) is 102 Å². The first-order valence-corrected chi connectivity index (χ1v) is 9.82. The number of benzene rings is 2. The minimum absolute atomic E-state index is 0.0788. The van der Waals surface area contributed by atoms with Gasteiger partial charge in [0.1, 0.15) is 0 Å². The Hall–Kier alpha value is -3.00. The summed E-state index contributed by atoms with van der Waals surface area (Å²) in [5.41, 5.74) is 1.56. The van der Waals surface area contributed by atoms with E-state index in [-0.39, 0.29) is 16.6 Å². The van der Waals surface area contributed by atoms with Crippen LogP contribution in [-0.2, 0) is 10.0 Å². The highest BCUT2D eigenvalue weighted by Gasteiger charge is 2.16. The monoisotopic (exact) mass is 385 g/mol. The fourth-order valence-corrected chi connectivity index (χ4v) is 3.41. The van der Waals surface area contributed by atoms with Crippen LogP contribution in [0.5, 0.6) is 0 Å². The van der Waals surface area contributed by atoms with Crippen LogP contribution in [0.2, 0.25) is 0 Å². The van der Waals surface area contributed by atoms with Crippen LogP contribution in [0.3, 0.4) is 0 Å². The van der Waals surface area contributed by atoms with Gasteiger partial charge in [0.2, 0.25) is 0 Å². The molecule has 0 aliphatic carbocycles. The van der Waals surface area contributed by atoms with E-state index < -0.39 is 10.0 Å². The summed E-state index contributed by atoms with van der Waals surface area (Å²) in [6.45, 7) is 5.36. The standard InChI is InChI=1S/C19H19N3O4S/c1-12(2)18-20-19(26-21-18)15-4-8-16(9-5-15)22-27(24,25)17-10-6-14(7-11-17)13(3)23/h4-12,22H,1-3H3. The van der Waals surface area contributed by atoms with Crippen molar-refractivity contribution in [3.63, 3.8) is 0 Å². The largest absolute Gasteiger partial charge is 0.334 e. The number of sulfonamides is 1. The molecule has 0 atom stereocenters. The Morgan fingerprint density at radius 3 is 2.19 bits per heavy atom. The van der Waals surface area contributed by atoms with Crippen molar-refractivity contribution in [1.82, 2.24) is 10.1 Å². The molecule has 0 fully saturated rings. The zero-order chi connectivity index (χ0) is 19.6. The van der Waals surface area contributed by atoms with E-state index in [0.717, 1.165) is 0 Å². The number of Topliss-reactive ketones (excluding diaryl/α,β-unsaturated/α-hetero) is 1. The molecule has 3 rings (SSSR count). The number of anilines is 1. The van der Waals surface area contributed by atoms with Gasteiger partial charge in [-0.25, -0.2) is 8.42 Å². The fourth-order valence-electron chi connectivity index (χ4n) is 2.35. The van der Waals surface area contributed by atoms with Crippen molar-refractivity contribution in [2.45, 2.75) is 31.6 Å². The smallest absolute Gasteiger partial charge is 0.261 e. The Morgan fingerprint density at radius 2 is 1.67 bits per heavy atom. The number of hydrogen-bond acceptors (Lipinski definition) is 6. The van der Waals surface area contributed by atoms with Gasteiger partial charge in [0.05, 0.1) is 4.90 Å². The minimum Gasteiger partial charge on any atom is -0.334 e. The van der Waals surface area contributed by atoms with E-state index in [1.54, 1.807) is 24.3 Å². The molecule has 0 aliphatic rings. The first kappa shape index (κ1) is 18.8. The number of rotatable bonds is 6. The van der Waals surface area contributed by atoms with Gasteiger partial charge in [-0.1, -0.05) is 31.1 Å². The Bertz CT molecular complexity index is 1050. The van der Waals surface area contributed by atoms with E-state index in [9.17, 15) is 13.2 Å². The highest BCUT2D eigenvalue weighted by Crippen LogP contribution is 2.23. The molecule has 3 aromatic rings. The van der Waals surface area contributed by atoms with Crippen molar-refractivity contribution in [3.8, 4) is 11.5 Å². The quantitative estimate of drug-likeness (QED) is 0.646. The molecule has 0 spiro atoms. The molecule has 0 aliphatic heterocycles. The second kappa shape index (κ2) is 7.32. The number of hydrogen-bond donors (Lipinski definition) is 1. The second-order valence-corrected chi connectivity index (χ2v) is 8.06. The first-order valence-electron chi connectivity index (χ1n) is 8.34. The molecular formula is C19H19N3O4S. The van der Waals surface area contributed by atoms with Gasteiger partial charge >= 0.3 is 0 Å². The highest BCUT2D eigenvalue weighted by molar-refractivity contribution is 7.92. The lowest BCUT2D eigenvalue weighted by molar-refractivity contribution is 0.101. The van der Waals surface area contributed by atoms with Crippen molar-refractivity contribution in [1.29, 1.82) is 0 Å². The van der Waals surface area contributed by atoms with Crippen LogP contribution in [-0.4, -0.2) is 24.3 Å². The highest BCUT2D eigenvalue weighted by atomic mass is 32.2. The molecule has 7 nitrogen and oxygen atoms in total. The first-order chi connectivity index (χ1) is 12.8. The molecule has 2 aromatic carbocycles. The van der Waals surface area contributed by atoms with E-state index in [1.807, 2.05) is 13.8 Å². The van der Waals surface area contributed by atoms with Crippen molar-refractivity contribution in [3.05, 3.63) is 59.9 Å². The van der Waals surface area contributed by atoms with Crippen LogP contribution in [0.25, 0.3) is 11.5 Å². The van der Waals surface area contributed by atoms with E-state index in [0.29, 0.717) is 28.5 Å². The van der Waals surface area contributed by atoms with E-state index >= 15 is 0 Å². The predicted molar refractivity (Wildman–Crippen MR) is 101 cm³/mol. The molecular weight excluding hydrogens is 366 g/mol. The summed E-state index contributed by atoms with van der Waals surface area (Å²) in [5, 5.41) is 3.91. The third kappa shape index (κ3) is 4.22. The lowest BCUT2D eigenvalue weighted by Crippen LogP contribution is -2.13. The number of nitrogens with one attached hydrogen (secondary N) is 1. The number of ketones is 1. The maximum Gasteiger partial charge on any atom is 0.261 e. The molecule has 0 saturated heterocycles. The van der Waals surface area contributed by atoms with Crippen molar-refractivity contribution in [2.24, 2.45) is 0 Å². The summed E-state index contributed by atoms with van der Waals surface area (Å²) in [6.07, 6.45) is 0. The molecule has 0 unspecified atom stereocenters. The summed E-state index contributed by atoms with van der Waals surface area (Å²) >= 11 is 0. The number of carbonyl (C=O) groups is 1. The minimum atomic E-state index is -3.75. The van der Waals surface area contributed by atoms with Gasteiger partial charge in [-0.2, -0.15) is 4.98 Å². The Balaban J connectivity index is 1.77.